The van der Waals surface area contributed by atoms with Gasteiger partial charge in [-0.25, -0.2) is 0 Å². The molecule has 1 saturated heterocycles. The molecule has 6 heteroatoms. The van der Waals surface area contributed by atoms with Gasteiger partial charge in [-0.3, -0.25) is 19.4 Å². The zero-order chi connectivity index (χ0) is 20.1. The molecule has 1 heterocycles. The van der Waals surface area contributed by atoms with E-state index < -0.39 is 0 Å². The van der Waals surface area contributed by atoms with E-state index >= 15 is 0 Å². The standard InChI is InChI=1S/C22H34N4O2/c1-16(19-7-5-4-6-8-19)15-23-21(27)17(2)25-11-13-26(14-12-25)18(3)22(28)24-20-9-10-20/h4-8,16-18,20H,9-15H2,1-3H3,(H,23,27)(H,24,28)/t16-,17-,18+/m1/s1. The Kier molecular flexibility index (Phi) is 7.08. The van der Waals surface area contributed by atoms with Crippen LogP contribution in [-0.4, -0.2) is 72.5 Å². The fourth-order valence-electron chi connectivity index (χ4n) is 3.69. The van der Waals surface area contributed by atoms with Crippen molar-refractivity contribution in [3.8, 4) is 0 Å². The van der Waals surface area contributed by atoms with E-state index in [1.807, 2.05) is 32.0 Å². The largest absolute Gasteiger partial charge is 0.354 e. The SMILES string of the molecule is C[C@H](CNC(=O)[C@@H](C)N1CCN([C@@H](C)C(=O)NC2CC2)CC1)c1ccccc1. The molecule has 1 saturated carbocycles. The first-order valence-electron chi connectivity index (χ1n) is 10.6. The van der Waals surface area contributed by atoms with Gasteiger partial charge in [0.15, 0.2) is 0 Å². The number of piperazine rings is 1. The summed E-state index contributed by atoms with van der Waals surface area (Å²) in [5, 5.41) is 6.19. The van der Waals surface area contributed by atoms with Gasteiger partial charge in [-0.1, -0.05) is 37.3 Å². The summed E-state index contributed by atoms with van der Waals surface area (Å²) < 4.78 is 0. The Bertz CT molecular complexity index is 654. The number of benzene rings is 1. The van der Waals surface area contributed by atoms with Crippen molar-refractivity contribution in [1.82, 2.24) is 20.4 Å². The summed E-state index contributed by atoms with van der Waals surface area (Å²) in [4.78, 5) is 29.3. The van der Waals surface area contributed by atoms with E-state index in [1.165, 1.54) is 5.56 Å². The minimum absolute atomic E-state index is 0.0794. The Hall–Kier alpha value is -1.92. The summed E-state index contributed by atoms with van der Waals surface area (Å²) >= 11 is 0. The van der Waals surface area contributed by atoms with Crippen LogP contribution in [0.4, 0.5) is 0 Å². The van der Waals surface area contributed by atoms with Crippen molar-refractivity contribution in [3.05, 3.63) is 35.9 Å². The Labute approximate surface area is 168 Å². The van der Waals surface area contributed by atoms with Crippen LogP contribution in [0.5, 0.6) is 0 Å². The molecule has 2 fully saturated rings. The number of carbonyl (C=O) groups is 2. The van der Waals surface area contributed by atoms with Gasteiger partial charge in [0, 0.05) is 38.8 Å². The third-order valence-electron chi connectivity index (χ3n) is 6.08. The van der Waals surface area contributed by atoms with E-state index in [9.17, 15) is 9.59 Å². The van der Waals surface area contributed by atoms with E-state index in [2.05, 4.69) is 39.5 Å². The molecule has 3 rings (SSSR count). The number of rotatable bonds is 8. The maximum absolute atomic E-state index is 12.6. The summed E-state index contributed by atoms with van der Waals surface area (Å²) in [5.41, 5.74) is 1.24. The summed E-state index contributed by atoms with van der Waals surface area (Å²) in [5.74, 6) is 0.507. The summed E-state index contributed by atoms with van der Waals surface area (Å²) in [7, 11) is 0. The van der Waals surface area contributed by atoms with Gasteiger partial charge >= 0.3 is 0 Å². The molecule has 154 valence electrons. The second kappa shape index (κ2) is 9.52. The lowest BCUT2D eigenvalue weighted by Crippen LogP contribution is -2.57. The van der Waals surface area contributed by atoms with Crippen molar-refractivity contribution in [2.24, 2.45) is 0 Å². The van der Waals surface area contributed by atoms with Crippen LogP contribution in [0.1, 0.15) is 45.1 Å². The number of hydrogen-bond donors (Lipinski definition) is 2. The summed E-state index contributed by atoms with van der Waals surface area (Å²) in [6.45, 7) is 9.98. The maximum atomic E-state index is 12.6. The first-order chi connectivity index (χ1) is 13.5. The molecule has 6 nitrogen and oxygen atoms in total. The van der Waals surface area contributed by atoms with Gasteiger partial charge in [0.05, 0.1) is 12.1 Å². The number of amides is 2. The Morgan fingerprint density at radius 1 is 0.929 bits per heavy atom. The summed E-state index contributed by atoms with van der Waals surface area (Å²) in [6, 6.07) is 10.4. The number of carbonyl (C=O) groups excluding carboxylic acids is 2. The van der Waals surface area contributed by atoms with E-state index in [0.29, 0.717) is 18.5 Å². The smallest absolute Gasteiger partial charge is 0.237 e. The van der Waals surface area contributed by atoms with Crippen molar-refractivity contribution in [2.45, 2.75) is 57.7 Å². The molecule has 1 aromatic carbocycles. The third-order valence-corrected chi connectivity index (χ3v) is 6.08. The minimum Gasteiger partial charge on any atom is -0.354 e. The zero-order valence-corrected chi connectivity index (χ0v) is 17.4. The zero-order valence-electron chi connectivity index (χ0n) is 17.4. The molecule has 2 N–H and O–H groups in total. The quantitative estimate of drug-likeness (QED) is 0.712. The van der Waals surface area contributed by atoms with Crippen molar-refractivity contribution in [3.63, 3.8) is 0 Å². The van der Waals surface area contributed by atoms with Crippen molar-refractivity contribution in [1.29, 1.82) is 0 Å². The fraction of sp³-hybridized carbons (Fsp3) is 0.636. The molecule has 0 aromatic heterocycles. The topological polar surface area (TPSA) is 64.7 Å². The van der Waals surface area contributed by atoms with Gasteiger partial charge in [-0.15, -0.1) is 0 Å². The van der Waals surface area contributed by atoms with E-state index in [-0.39, 0.29) is 23.9 Å². The molecule has 3 atom stereocenters. The third kappa shape index (κ3) is 5.55. The lowest BCUT2D eigenvalue weighted by Gasteiger charge is -2.39. The van der Waals surface area contributed by atoms with Crippen LogP contribution in [0.25, 0.3) is 0 Å². The van der Waals surface area contributed by atoms with E-state index in [1.54, 1.807) is 0 Å². The second-order valence-electron chi connectivity index (χ2n) is 8.26. The number of nitrogens with one attached hydrogen (secondary N) is 2. The van der Waals surface area contributed by atoms with Crippen LogP contribution in [0.3, 0.4) is 0 Å². The fourth-order valence-corrected chi connectivity index (χ4v) is 3.69. The van der Waals surface area contributed by atoms with Crippen molar-refractivity contribution in [2.75, 3.05) is 32.7 Å². The molecule has 1 aliphatic heterocycles. The van der Waals surface area contributed by atoms with Gasteiger partial charge in [0.25, 0.3) is 0 Å². The minimum atomic E-state index is -0.152. The van der Waals surface area contributed by atoms with Crippen molar-refractivity contribution >= 4 is 11.8 Å². The monoisotopic (exact) mass is 386 g/mol. The highest BCUT2D eigenvalue weighted by Crippen LogP contribution is 2.19. The molecule has 0 spiro atoms. The predicted molar refractivity (Wildman–Crippen MR) is 111 cm³/mol. The van der Waals surface area contributed by atoms with Crippen LogP contribution >= 0.6 is 0 Å². The molecule has 1 aromatic rings. The molecule has 0 bridgehead atoms. The Morgan fingerprint density at radius 3 is 2.00 bits per heavy atom. The average molecular weight is 387 g/mol. The first-order valence-corrected chi connectivity index (χ1v) is 10.6. The van der Waals surface area contributed by atoms with Crippen molar-refractivity contribution < 1.29 is 9.59 Å². The van der Waals surface area contributed by atoms with Crippen LogP contribution in [0.15, 0.2) is 30.3 Å². The van der Waals surface area contributed by atoms with Crippen LogP contribution in [0, 0.1) is 0 Å². The normalized spacial score (nSPS) is 21.5. The predicted octanol–water partition coefficient (Wildman–Crippen LogP) is 1.58. The highest BCUT2D eigenvalue weighted by molar-refractivity contribution is 5.82. The van der Waals surface area contributed by atoms with E-state index in [0.717, 1.165) is 39.0 Å². The lowest BCUT2D eigenvalue weighted by atomic mass is 10.0. The average Bonchev–Trinajstić information content (AvgIpc) is 3.55. The van der Waals surface area contributed by atoms with Crippen LogP contribution < -0.4 is 10.6 Å². The number of nitrogens with zero attached hydrogens (tertiary/aromatic N) is 2. The Balaban J connectivity index is 1.40. The molecule has 2 aliphatic rings. The van der Waals surface area contributed by atoms with Crippen LogP contribution in [0.2, 0.25) is 0 Å². The molecule has 0 radical (unpaired) electrons. The van der Waals surface area contributed by atoms with E-state index in [4.69, 9.17) is 0 Å². The van der Waals surface area contributed by atoms with Gasteiger partial charge in [0.1, 0.15) is 0 Å². The maximum Gasteiger partial charge on any atom is 0.237 e. The highest BCUT2D eigenvalue weighted by Gasteiger charge is 2.32. The molecule has 1 aliphatic carbocycles. The molecular weight excluding hydrogens is 352 g/mol. The lowest BCUT2D eigenvalue weighted by molar-refractivity contribution is -0.129. The molecule has 2 amide bonds. The van der Waals surface area contributed by atoms with Crippen LogP contribution in [-0.2, 0) is 9.59 Å². The summed E-state index contributed by atoms with van der Waals surface area (Å²) in [6.07, 6.45) is 2.23. The van der Waals surface area contributed by atoms with Gasteiger partial charge in [-0.2, -0.15) is 0 Å². The molecule has 28 heavy (non-hydrogen) atoms. The number of hydrogen-bond acceptors (Lipinski definition) is 4. The molecule has 0 unspecified atom stereocenters. The van der Waals surface area contributed by atoms with Gasteiger partial charge in [0.2, 0.25) is 11.8 Å². The molecular formula is C22H34N4O2. The highest BCUT2D eigenvalue weighted by atomic mass is 16.2. The first kappa shape index (κ1) is 20.8. The Morgan fingerprint density at radius 2 is 1.46 bits per heavy atom. The van der Waals surface area contributed by atoms with Gasteiger partial charge < -0.3 is 10.6 Å². The second-order valence-corrected chi connectivity index (χ2v) is 8.26. The van der Waals surface area contributed by atoms with Gasteiger partial charge in [-0.05, 0) is 38.2 Å².